The second kappa shape index (κ2) is 5.58. The van der Waals surface area contributed by atoms with Crippen LogP contribution in [-0.2, 0) is 9.53 Å². The van der Waals surface area contributed by atoms with E-state index in [1.807, 2.05) is 25.7 Å². The zero-order valence-corrected chi connectivity index (χ0v) is 13.3. The van der Waals surface area contributed by atoms with Crippen molar-refractivity contribution in [2.75, 3.05) is 19.7 Å². The Balaban J connectivity index is 0.00000180. The molecule has 2 fully saturated rings. The summed E-state index contributed by atoms with van der Waals surface area (Å²) in [4.78, 5) is 14.5. The predicted octanol–water partition coefficient (Wildman–Crippen LogP) is 1.81. The van der Waals surface area contributed by atoms with E-state index in [2.05, 4.69) is 6.92 Å². The van der Waals surface area contributed by atoms with Crippen molar-refractivity contribution < 1.29 is 9.53 Å². The Bertz CT molecular complexity index is 348. The van der Waals surface area contributed by atoms with Gasteiger partial charge in [-0.05, 0) is 19.3 Å². The summed E-state index contributed by atoms with van der Waals surface area (Å²) < 4.78 is 5.67. The van der Waals surface area contributed by atoms with Crippen molar-refractivity contribution in [1.29, 1.82) is 0 Å². The Morgan fingerprint density at radius 1 is 1.47 bits per heavy atom. The Hall–Kier alpha value is -0.320. The molecule has 4 nitrogen and oxygen atoms in total. The van der Waals surface area contributed by atoms with Gasteiger partial charge in [0.05, 0.1) is 6.10 Å². The van der Waals surface area contributed by atoms with E-state index in [1.54, 1.807) is 0 Å². The number of carbonyl (C=O) groups excluding carboxylic acids is 1. The van der Waals surface area contributed by atoms with Gasteiger partial charge >= 0.3 is 0 Å². The molecule has 2 rings (SSSR count). The highest BCUT2D eigenvalue weighted by atomic mass is 35.5. The van der Waals surface area contributed by atoms with Crippen LogP contribution in [0, 0.1) is 11.3 Å². The summed E-state index contributed by atoms with van der Waals surface area (Å²) in [7, 11) is 0. The maximum Gasteiger partial charge on any atom is 0.243 e. The molecule has 3 unspecified atom stereocenters. The molecule has 2 N–H and O–H groups in total. The normalized spacial score (nSPS) is 36.6. The van der Waals surface area contributed by atoms with E-state index in [0.29, 0.717) is 18.9 Å². The van der Waals surface area contributed by atoms with Crippen LogP contribution in [0.5, 0.6) is 0 Å². The van der Waals surface area contributed by atoms with Crippen LogP contribution in [0.2, 0.25) is 0 Å². The lowest BCUT2D eigenvalue weighted by molar-refractivity contribution is -0.178. The smallest absolute Gasteiger partial charge is 0.243 e. The van der Waals surface area contributed by atoms with Crippen LogP contribution < -0.4 is 5.73 Å². The lowest BCUT2D eigenvalue weighted by atomic mass is 9.54. The Morgan fingerprint density at radius 3 is 2.53 bits per heavy atom. The van der Waals surface area contributed by atoms with Crippen molar-refractivity contribution in [2.45, 2.75) is 52.2 Å². The summed E-state index contributed by atoms with van der Waals surface area (Å²) >= 11 is 0. The van der Waals surface area contributed by atoms with Crippen LogP contribution in [-0.4, -0.2) is 42.1 Å². The molecule has 0 aromatic heterocycles. The minimum absolute atomic E-state index is 0. The van der Waals surface area contributed by atoms with Gasteiger partial charge in [0.2, 0.25) is 5.91 Å². The molecule has 112 valence electrons. The molecule has 3 atom stereocenters. The number of amides is 1. The third-order valence-corrected chi connectivity index (χ3v) is 4.92. The zero-order chi connectivity index (χ0) is 13.6. The van der Waals surface area contributed by atoms with Gasteiger partial charge in [0.25, 0.3) is 0 Å². The average molecular weight is 291 g/mol. The molecule has 1 heterocycles. The number of halogens is 1. The molecule has 0 spiro atoms. The van der Waals surface area contributed by atoms with E-state index in [-0.39, 0.29) is 29.8 Å². The van der Waals surface area contributed by atoms with E-state index in [4.69, 9.17) is 10.5 Å². The first-order valence-electron chi connectivity index (χ1n) is 7.02. The molecule has 0 aromatic rings. The first-order chi connectivity index (χ1) is 8.33. The molecule has 1 saturated heterocycles. The molecule has 1 amide bonds. The fourth-order valence-electron chi connectivity index (χ4n) is 3.20. The van der Waals surface area contributed by atoms with Gasteiger partial charge in [-0.3, -0.25) is 4.79 Å². The molecule has 19 heavy (non-hydrogen) atoms. The third-order valence-electron chi connectivity index (χ3n) is 4.92. The van der Waals surface area contributed by atoms with Gasteiger partial charge in [0.15, 0.2) is 0 Å². The summed E-state index contributed by atoms with van der Waals surface area (Å²) in [5, 5.41) is 0. The molecular formula is C14H27ClN2O2. The monoisotopic (exact) mass is 290 g/mol. The number of nitrogens with zero attached hydrogens (tertiary/aromatic N) is 1. The third kappa shape index (κ3) is 2.50. The maximum absolute atomic E-state index is 12.6. The molecule has 2 aliphatic rings. The van der Waals surface area contributed by atoms with Crippen molar-refractivity contribution in [1.82, 2.24) is 4.90 Å². The number of carbonyl (C=O) groups is 1. The summed E-state index contributed by atoms with van der Waals surface area (Å²) in [6.07, 6.45) is 1.85. The van der Waals surface area contributed by atoms with E-state index >= 15 is 0 Å². The van der Waals surface area contributed by atoms with E-state index < -0.39 is 5.54 Å². The van der Waals surface area contributed by atoms with Gasteiger partial charge in [-0.25, -0.2) is 0 Å². The van der Waals surface area contributed by atoms with Crippen molar-refractivity contribution in [2.24, 2.45) is 17.1 Å². The van der Waals surface area contributed by atoms with Crippen LogP contribution >= 0.6 is 12.4 Å². The van der Waals surface area contributed by atoms with Crippen LogP contribution in [0.25, 0.3) is 0 Å². The topological polar surface area (TPSA) is 55.6 Å². The Labute approximate surface area is 122 Å². The van der Waals surface area contributed by atoms with Crippen molar-refractivity contribution in [3.8, 4) is 0 Å². The van der Waals surface area contributed by atoms with Gasteiger partial charge in [0.1, 0.15) is 5.54 Å². The molecule has 0 aromatic carbocycles. The highest BCUT2D eigenvalue weighted by molar-refractivity contribution is 5.89. The summed E-state index contributed by atoms with van der Waals surface area (Å²) in [6, 6.07) is 0. The minimum Gasteiger partial charge on any atom is -0.378 e. The van der Waals surface area contributed by atoms with Crippen LogP contribution in [0.1, 0.15) is 40.5 Å². The highest BCUT2D eigenvalue weighted by Gasteiger charge is 2.63. The molecule has 1 aliphatic carbocycles. The van der Waals surface area contributed by atoms with Crippen molar-refractivity contribution in [3.63, 3.8) is 0 Å². The first-order valence-corrected chi connectivity index (χ1v) is 7.02. The number of hydrogen-bond donors (Lipinski definition) is 1. The lowest BCUT2D eigenvalue weighted by Gasteiger charge is -2.58. The van der Waals surface area contributed by atoms with Gasteiger partial charge < -0.3 is 15.4 Å². The lowest BCUT2D eigenvalue weighted by Crippen LogP contribution is -2.75. The van der Waals surface area contributed by atoms with E-state index in [0.717, 1.165) is 19.5 Å². The van der Waals surface area contributed by atoms with Gasteiger partial charge in [-0.1, -0.05) is 20.8 Å². The average Bonchev–Trinajstić information content (AvgIpc) is 2.74. The summed E-state index contributed by atoms with van der Waals surface area (Å²) in [5.41, 5.74) is 5.39. The van der Waals surface area contributed by atoms with Gasteiger partial charge in [0, 0.05) is 31.5 Å². The largest absolute Gasteiger partial charge is 0.378 e. The number of ether oxygens (including phenoxy) is 1. The van der Waals surface area contributed by atoms with Gasteiger partial charge in [-0.15, -0.1) is 12.4 Å². The summed E-state index contributed by atoms with van der Waals surface area (Å²) in [6.45, 7) is 10.7. The molecule has 1 saturated carbocycles. The fourth-order valence-corrected chi connectivity index (χ4v) is 3.20. The van der Waals surface area contributed by atoms with Crippen LogP contribution in [0.4, 0.5) is 0 Å². The van der Waals surface area contributed by atoms with Crippen LogP contribution in [0.3, 0.4) is 0 Å². The molecular weight excluding hydrogens is 264 g/mol. The second-order valence-electron chi connectivity index (χ2n) is 6.49. The fraction of sp³-hybridized carbons (Fsp3) is 0.929. The summed E-state index contributed by atoms with van der Waals surface area (Å²) in [5.74, 6) is 0.719. The molecule has 5 heteroatoms. The predicted molar refractivity (Wildman–Crippen MR) is 78.3 cm³/mol. The Kier molecular flexibility index (Phi) is 4.92. The van der Waals surface area contributed by atoms with Gasteiger partial charge in [-0.2, -0.15) is 0 Å². The van der Waals surface area contributed by atoms with E-state index in [9.17, 15) is 4.79 Å². The maximum atomic E-state index is 12.6. The molecule has 0 bridgehead atoms. The second-order valence-corrected chi connectivity index (χ2v) is 6.49. The zero-order valence-electron chi connectivity index (χ0n) is 12.4. The SMILES string of the molecule is CCOC1CC(N)(C(=O)N2CCC(C)C2)C1(C)C.Cl. The standard InChI is InChI=1S/C14H26N2O2.ClH/c1-5-18-11-8-14(15,13(11,3)4)12(17)16-7-6-10(2)9-16;/h10-11H,5-9,15H2,1-4H3;1H. The van der Waals surface area contributed by atoms with Crippen molar-refractivity contribution >= 4 is 18.3 Å². The van der Waals surface area contributed by atoms with E-state index in [1.165, 1.54) is 0 Å². The Morgan fingerprint density at radius 2 is 2.11 bits per heavy atom. The minimum atomic E-state index is -0.739. The quantitative estimate of drug-likeness (QED) is 0.862. The first kappa shape index (κ1) is 16.7. The molecule has 1 aliphatic heterocycles. The number of likely N-dealkylation sites (tertiary alicyclic amines) is 1. The van der Waals surface area contributed by atoms with Crippen molar-refractivity contribution in [3.05, 3.63) is 0 Å². The number of nitrogens with two attached hydrogens (primary N) is 1. The highest BCUT2D eigenvalue weighted by Crippen LogP contribution is 2.50. The number of hydrogen-bond acceptors (Lipinski definition) is 3. The van der Waals surface area contributed by atoms with Crippen LogP contribution in [0.15, 0.2) is 0 Å². The number of rotatable bonds is 3. The molecule has 0 radical (unpaired) electrons.